The van der Waals surface area contributed by atoms with Crippen LogP contribution in [0.5, 0.6) is 11.5 Å². The van der Waals surface area contributed by atoms with Crippen molar-refractivity contribution in [3.05, 3.63) is 23.8 Å². The molecule has 1 fully saturated rings. The van der Waals surface area contributed by atoms with Crippen molar-refractivity contribution in [2.75, 3.05) is 19.8 Å². The monoisotopic (exact) mass is 293 g/mol. The van der Waals surface area contributed by atoms with Gasteiger partial charge in [0.1, 0.15) is 19.3 Å². The van der Waals surface area contributed by atoms with Gasteiger partial charge >= 0.3 is 5.97 Å². The number of aliphatic hydroxyl groups excluding tert-OH is 1. The van der Waals surface area contributed by atoms with E-state index in [1.807, 2.05) is 0 Å². The summed E-state index contributed by atoms with van der Waals surface area (Å²) in [7, 11) is 0. The summed E-state index contributed by atoms with van der Waals surface area (Å²) in [5, 5.41) is 18.8. The molecule has 3 rings (SSSR count). The highest BCUT2D eigenvalue weighted by molar-refractivity contribution is 6.00. The van der Waals surface area contributed by atoms with E-state index in [4.69, 9.17) is 9.47 Å². The van der Waals surface area contributed by atoms with E-state index in [2.05, 4.69) is 0 Å². The summed E-state index contributed by atoms with van der Waals surface area (Å²) < 4.78 is 10.9. The third kappa shape index (κ3) is 2.40. The van der Waals surface area contributed by atoms with E-state index in [9.17, 15) is 19.8 Å². The quantitative estimate of drug-likeness (QED) is 0.804. The molecule has 2 heterocycles. The van der Waals surface area contributed by atoms with Crippen molar-refractivity contribution in [1.82, 2.24) is 4.90 Å². The number of carbonyl (C=O) groups is 2. The SMILES string of the molecule is O=C(O)[C@@H]1C[C@@H](O)CN1C(=O)c1cccc2c1OCCO2. The lowest BCUT2D eigenvalue weighted by Gasteiger charge is -2.25. The van der Waals surface area contributed by atoms with Gasteiger partial charge in [0.25, 0.3) is 5.91 Å². The van der Waals surface area contributed by atoms with Crippen LogP contribution in [0, 0.1) is 0 Å². The van der Waals surface area contributed by atoms with Gasteiger partial charge in [0.05, 0.1) is 11.7 Å². The molecule has 21 heavy (non-hydrogen) atoms. The minimum Gasteiger partial charge on any atom is -0.486 e. The summed E-state index contributed by atoms with van der Waals surface area (Å²) in [6.45, 7) is 0.743. The van der Waals surface area contributed by atoms with Crippen LogP contribution in [0.25, 0.3) is 0 Å². The third-order valence-electron chi connectivity index (χ3n) is 3.62. The van der Waals surface area contributed by atoms with Crippen LogP contribution in [-0.2, 0) is 4.79 Å². The number of β-amino-alcohol motifs (C(OH)–C–C–N with tert-alkyl or cyclic N) is 1. The zero-order valence-electron chi connectivity index (χ0n) is 11.2. The second-order valence-corrected chi connectivity index (χ2v) is 5.03. The lowest BCUT2D eigenvalue weighted by atomic mass is 10.1. The average Bonchev–Trinajstić information content (AvgIpc) is 2.88. The zero-order valence-corrected chi connectivity index (χ0v) is 11.2. The Hall–Kier alpha value is -2.28. The number of ether oxygens (including phenoxy) is 2. The first kappa shape index (κ1) is 13.7. The molecule has 112 valence electrons. The van der Waals surface area contributed by atoms with Crippen molar-refractivity contribution < 1.29 is 29.3 Å². The van der Waals surface area contributed by atoms with Crippen LogP contribution in [0.15, 0.2) is 18.2 Å². The predicted octanol–water partition coefficient (Wildman–Crippen LogP) is 0.118. The van der Waals surface area contributed by atoms with Gasteiger partial charge in [0, 0.05) is 13.0 Å². The van der Waals surface area contributed by atoms with Crippen molar-refractivity contribution >= 4 is 11.9 Å². The first-order valence-corrected chi connectivity index (χ1v) is 6.68. The molecule has 7 nitrogen and oxygen atoms in total. The number of likely N-dealkylation sites (tertiary alicyclic amines) is 1. The van der Waals surface area contributed by atoms with Gasteiger partial charge in [-0.15, -0.1) is 0 Å². The molecule has 7 heteroatoms. The second kappa shape index (κ2) is 5.25. The minimum absolute atomic E-state index is 0.000322. The maximum absolute atomic E-state index is 12.6. The number of aliphatic hydroxyl groups is 1. The maximum atomic E-state index is 12.6. The van der Waals surface area contributed by atoms with Crippen molar-refractivity contribution in [1.29, 1.82) is 0 Å². The lowest BCUT2D eigenvalue weighted by molar-refractivity contribution is -0.141. The Bertz CT molecular complexity index is 587. The molecule has 0 spiro atoms. The summed E-state index contributed by atoms with van der Waals surface area (Å²) in [4.78, 5) is 25.0. The summed E-state index contributed by atoms with van der Waals surface area (Å²) >= 11 is 0. The van der Waals surface area contributed by atoms with Gasteiger partial charge in [-0.05, 0) is 12.1 Å². The first-order valence-electron chi connectivity index (χ1n) is 6.68. The normalized spacial score (nSPS) is 24.0. The van der Waals surface area contributed by atoms with Crippen LogP contribution < -0.4 is 9.47 Å². The Kier molecular flexibility index (Phi) is 3.42. The van der Waals surface area contributed by atoms with Crippen molar-refractivity contribution in [3.8, 4) is 11.5 Å². The van der Waals surface area contributed by atoms with Crippen molar-refractivity contribution in [2.45, 2.75) is 18.6 Å². The number of carboxylic acids is 1. The maximum Gasteiger partial charge on any atom is 0.326 e. The third-order valence-corrected chi connectivity index (χ3v) is 3.62. The summed E-state index contributed by atoms with van der Waals surface area (Å²) in [6.07, 6.45) is -0.792. The van der Waals surface area contributed by atoms with Crippen LogP contribution in [0.4, 0.5) is 0 Å². The van der Waals surface area contributed by atoms with Crippen LogP contribution in [0.2, 0.25) is 0 Å². The van der Waals surface area contributed by atoms with Crippen LogP contribution in [-0.4, -0.2) is 58.9 Å². The van der Waals surface area contributed by atoms with E-state index in [1.54, 1.807) is 18.2 Å². The summed E-state index contributed by atoms with van der Waals surface area (Å²) in [6, 6.07) is 3.90. The fraction of sp³-hybridized carbons (Fsp3) is 0.429. The number of para-hydroxylation sites is 1. The predicted molar refractivity (Wildman–Crippen MR) is 70.5 cm³/mol. The number of nitrogens with zero attached hydrogens (tertiary/aromatic N) is 1. The van der Waals surface area contributed by atoms with Crippen LogP contribution in [0.3, 0.4) is 0 Å². The number of benzene rings is 1. The number of aliphatic carboxylic acids is 1. The fourth-order valence-corrected chi connectivity index (χ4v) is 2.67. The Morgan fingerprint density at radius 1 is 1.24 bits per heavy atom. The molecule has 1 amide bonds. The van der Waals surface area contributed by atoms with Crippen molar-refractivity contribution in [3.63, 3.8) is 0 Å². The smallest absolute Gasteiger partial charge is 0.326 e. The Morgan fingerprint density at radius 3 is 2.76 bits per heavy atom. The number of hydrogen-bond acceptors (Lipinski definition) is 5. The van der Waals surface area contributed by atoms with Gasteiger partial charge in [-0.25, -0.2) is 4.79 Å². The number of hydrogen-bond donors (Lipinski definition) is 2. The van der Waals surface area contributed by atoms with Crippen LogP contribution in [0.1, 0.15) is 16.8 Å². The van der Waals surface area contributed by atoms with Gasteiger partial charge in [-0.2, -0.15) is 0 Å². The lowest BCUT2D eigenvalue weighted by Crippen LogP contribution is -2.40. The molecule has 0 aliphatic carbocycles. The highest BCUT2D eigenvalue weighted by Gasteiger charge is 2.40. The summed E-state index contributed by atoms with van der Waals surface area (Å²) in [5.41, 5.74) is 0.257. The molecule has 0 saturated carbocycles. The second-order valence-electron chi connectivity index (χ2n) is 5.03. The molecule has 1 aromatic rings. The van der Waals surface area contributed by atoms with Gasteiger partial charge in [-0.3, -0.25) is 4.79 Å². The number of rotatable bonds is 2. The molecule has 2 aliphatic rings. The molecule has 2 atom stereocenters. The fourth-order valence-electron chi connectivity index (χ4n) is 2.67. The van der Waals surface area contributed by atoms with Crippen molar-refractivity contribution in [2.24, 2.45) is 0 Å². The molecular formula is C14H15NO6. The summed E-state index contributed by atoms with van der Waals surface area (Å²) in [5.74, 6) is -0.791. The minimum atomic E-state index is -1.12. The molecule has 0 bridgehead atoms. The Morgan fingerprint density at radius 2 is 2.00 bits per heavy atom. The molecule has 0 aromatic heterocycles. The number of carbonyl (C=O) groups excluding carboxylic acids is 1. The largest absolute Gasteiger partial charge is 0.486 e. The number of carboxylic acid groups (broad SMARTS) is 1. The van der Waals surface area contributed by atoms with E-state index < -0.39 is 24.0 Å². The van der Waals surface area contributed by atoms with E-state index in [1.165, 1.54) is 4.90 Å². The standard InChI is InChI=1S/C14H15NO6/c16-8-6-10(14(18)19)15(7-8)13(17)9-2-1-3-11-12(9)21-5-4-20-11/h1-3,8,10,16H,4-7H2,(H,18,19)/t8-,10+/m1/s1. The van der Waals surface area contributed by atoms with Gasteiger partial charge in [0.2, 0.25) is 0 Å². The van der Waals surface area contributed by atoms with Crippen LogP contribution >= 0.6 is 0 Å². The topological polar surface area (TPSA) is 96.3 Å². The Balaban J connectivity index is 1.93. The zero-order chi connectivity index (χ0) is 15.0. The van der Waals surface area contributed by atoms with Gasteiger partial charge < -0.3 is 24.6 Å². The van der Waals surface area contributed by atoms with E-state index in [-0.39, 0.29) is 18.5 Å². The molecule has 1 saturated heterocycles. The Labute approximate surface area is 120 Å². The molecular weight excluding hydrogens is 278 g/mol. The molecule has 1 aromatic carbocycles. The highest BCUT2D eigenvalue weighted by Crippen LogP contribution is 2.35. The van der Waals surface area contributed by atoms with Gasteiger partial charge in [-0.1, -0.05) is 6.07 Å². The molecule has 2 N–H and O–H groups in total. The van der Waals surface area contributed by atoms with E-state index in [0.717, 1.165) is 0 Å². The molecule has 0 radical (unpaired) electrons. The number of amides is 1. The van der Waals surface area contributed by atoms with E-state index in [0.29, 0.717) is 24.7 Å². The number of fused-ring (bicyclic) bond motifs is 1. The average molecular weight is 293 g/mol. The molecule has 2 aliphatic heterocycles. The highest BCUT2D eigenvalue weighted by atomic mass is 16.6. The van der Waals surface area contributed by atoms with E-state index >= 15 is 0 Å². The molecule has 0 unspecified atom stereocenters. The van der Waals surface area contributed by atoms with Gasteiger partial charge in [0.15, 0.2) is 11.5 Å². The first-order chi connectivity index (χ1) is 10.1.